The standard InChI is InChI=1S/C33H32BNO2/c1-31(2)27-13-9-7-11-23(27)26-20-22(16-18-28(26)31)35-29-14-10-8-12-24(29)25-17-15-21(19-30(25)35)34-36-32(3,4)33(5,6)37-34/h7-20H,1-6H3. The van der Waals surface area contributed by atoms with Gasteiger partial charge < -0.3 is 13.9 Å². The molecule has 0 amide bonds. The predicted molar refractivity (Wildman–Crippen MR) is 154 cm³/mol. The fourth-order valence-corrected chi connectivity index (χ4v) is 6.24. The minimum absolute atomic E-state index is 0.00475. The Bertz CT molecular complexity index is 1710. The summed E-state index contributed by atoms with van der Waals surface area (Å²) in [4.78, 5) is 0. The van der Waals surface area contributed by atoms with Gasteiger partial charge in [-0.05, 0) is 79.7 Å². The monoisotopic (exact) mass is 485 g/mol. The third-order valence-electron chi connectivity index (χ3n) is 9.05. The molecule has 1 aliphatic carbocycles. The molecule has 184 valence electrons. The molecule has 4 aromatic carbocycles. The van der Waals surface area contributed by atoms with Gasteiger partial charge in [0.1, 0.15) is 0 Å². The summed E-state index contributed by atoms with van der Waals surface area (Å²) < 4.78 is 15.2. The molecule has 0 saturated carbocycles. The quantitative estimate of drug-likeness (QED) is 0.244. The molecular formula is C33H32BNO2. The SMILES string of the molecule is CC1(C)c2ccccc2-c2cc(-n3c4ccccc4c4ccc(B5OC(C)(C)C(C)(C)O5)cc43)ccc21. The van der Waals surface area contributed by atoms with Crippen LogP contribution in [0.5, 0.6) is 0 Å². The van der Waals surface area contributed by atoms with E-state index < -0.39 is 7.12 Å². The lowest BCUT2D eigenvalue weighted by atomic mass is 9.79. The van der Waals surface area contributed by atoms with Crippen molar-refractivity contribution in [2.75, 3.05) is 0 Å². The van der Waals surface area contributed by atoms with Crippen molar-refractivity contribution >= 4 is 34.4 Å². The Morgan fingerprint density at radius 2 is 1.24 bits per heavy atom. The van der Waals surface area contributed by atoms with Gasteiger partial charge in [0.15, 0.2) is 0 Å². The maximum absolute atomic E-state index is 6.41. The van der Waals surface area contributed by atoms with Gasteiger partial charge in [-0.2, -0.15) is 0 Å². The summed E-state index contributed by atoms with van der Waals surface area (Å²) in [5.41, 5.74) is 9.27. The van der Waals surface area contributed by atoms with Gasteiger partial charge in [0, 0.05) is 21.9 Å². The predicted octanol–water partition coefficient (Wildman–Crippen LogP) is 7.39. The zero-order valence-corrected chi connectivity index (χ0v) is 22.4. The van der Waals surface area contributed by atoms with Crippen LogP contribution in [0.4, 0.5) is 0 Å². The minimum atomic E-state index is -0.395. The molecule has 2 aliphatic rings. The molecule has 0 N–H and O–H groups in total. The van der Waals surface area contributed by atoms with Crippen LogP contribution in [-0.2, 0) is 14.7 Å². The topological polar surface area (TPSA) is 23.4 Å². The molecule has 1 aromatic heterocycles. The molecule has 3 nitrogen and oxygen atoms in total. The fourth-order valence-electron chi connectivity index (χ4n) is 6.24. The van der Waals surface area contributed by atoms with Crippen molar-refractivity contribution in [3.8, 4) is 16.8 Å². The van der Waals surface area contributed by atoms with E-state index in [1.807, 2.05) is 0 Å². The van der Waals surface area contributed by atoms with Gasteiger partial charge in [0.2, 0.25) is 0 Å². The highest BCUT2D eigenvalue weighted by Gasteiger charge is 2.51. The van der Waals surface area contributed by atoms with Gasteiger partial charge in [0.25, 0.3) is 0 Å². The highest BCUT2D eigenvalue weighted by Crippen LogP contribution is 2.49. The zero-order valence-electron chi connectivity index (χ0n) is 22.4. The summed E-state index contributed by atoms with van der Waals surface area (Å²) in [6.45, 7) is 13.1. The van der Waals surface area contributed by atoms with Crippen molar-refractivity contribution in [3.05, 3.63) is 96.1 Å². The third kappa shape index (κ3) is 3.09. The van der Waals surface area contributed by atoms with Gasteiger partial charge in [-0.3, -0.25) is 0 Å². The zero-order chi connectivity index (χ0) is 25.7. The van der Waals surface area contributed by atoms with Crippen LogP contribution in [0, 0.1) is 0 Å². The van der Waals surface area contributed by atoms with Crippen LogP contribution >= 0.6 is 0 Å². The van der Waals surface area contributed by atoms with Crippen LogP contribution in [0.3, 0.4) is 0 Å². The number of nitrogens with zero attached hydrogens (tertiary/aromatic N) is 1. The molecule has 2 heterocycles. The maximum Gasteiger partial charge on any atom is 0.494 e. The van der Waals surface area contributed by atoms with E-state index in [1.54, 1.807) is 0 Å². The Labute approximate surface area is 219 Å². The molecule has 0 radical (unpaired) electrons. The van der Waals surface area contributed by atoms with Gasteiger partial charge >= 0.3 is 7.12 Å². The molecule has 4 heteroatoms. The van der Waals surface area contributed by atoms with Gasteiger partial charge in [-0.25, -0.2) is 0 Å². The summed E-state index contributed by atoms with van der Waals surface area (Å²) >= 11 is 0. The van der Waals surface area contributed by atoms with Crippen molar-refractivity contribution in [2.24, 2.45) is 0 Å². The number of para-hydroxylation sites is 1. The number of fused-ring (bicyclic) bond motifs is 6. The van der Waals surface area contributed by atoms with Crippen LogP contribution in [-0.4, -0.2) is 22.9 Å². The largest absolute Gasteiger partial charge is 0.494 e. The van der Waals surface area contributed by atoms with E-state index in [2.05, 4.69) is 131 Å². The first-order valence-electron chi connectivity index (χ1n) is 13.2. The summed E-state index contributed by atoms with van der Waals surface area (Å²) in [5.74, 6) is 0. The lowest BCUT2D eigenvalue weighted by molar-refractivity contribution is 0.00578. The Morgan fingerprint density at radius 1 is 0.595 bits per heavy atom. The lowest BCUT2D eigenvalue weighted by Crippen LogP contribution is -2.41. The normalized spacial score (nSPS) is 18.9. The van der Waals surface area contributed by atoms with Crippen LogP contribution in [0.25, 0.3) is 38.6 Å². The van der Waals surface area contributed by atoms with Crippen molar-refractivity contribution in [1.82, 2.24) is 4.57 Å². The smallest absolute Gasteiger partial charge is 0.399 e. The molecule has 37 heavy (non-hydrogen) atoms. The maximum atomic E-state index is 6.41. The Hall–Kier alpha value is -3.34. The second kappa shape index (κ2) is 7.37. The molecular weight excluding hydrogens is 453 g/mol. The number of benzene rings is 4. The molecule has 0 unspecified atom stereocenters. The van der Waals surface area contributed by atoms with Crippen molar-refractivity contribution in [2.45, 2.75) is 58.2 Å². The minimum Gasteiger partial charge on any atom is -0.399 e. The molecule has 5 aromatic rings. The van der Waals surface area contributed by atoms with E-state index in [1.165, 1.54) is 49.7 Å². The molecule has 1 saturated heterocycles. The molecule has 0 bridgehead atoms. The Morgan fingerprint density at radius 3 is 2.03 bits per heavy atom. The summed E-state index contributed by atoms with van der Waals surface area (Å²) in [7, 11) is -0.395. The second-order valence-electron chi connectivity index (χ2n) is 12.1. The van der Waals surface area contributed by atoms with E-state index in [9.17, 15) is 0 Å². The lowest BCUT2D eigenvalue weighted by Gasteiger charge is -2.32. The van der Waals surface area contributed by atoms with Gasteiger partial charge in [-0.1, -0.05) is 74.5 Å². The average Bonchev–Trinajstić information content (AvgIpc) is 3.41. The molecule has 1 fully saturated rings. The van der Waals surface area contributed by atoms with Gasteiger partial charge in [0.05, 0.1) is 22.2 Å². The van der Waals surface area contributed by atoms with Crippen LogP contribution < -0.4 is 5.46 Å². The van der Waals surface area contributed by atoms with Crippen LogP contribution in [0.1, 0.15) is 52.7 Å². The number of aromatic nitrogens is 1. The number of hydrogen-bond donors (Lipinski definition) is 0. The molecule has 0 atom stereocenters. The van der Waals surface area contributed by atoms with Gasteiger partial charge in [-0.15, -0.1) is 0 Å². The first kappa shape index (κ1) is 22.8. The summed E-state index contributed by atoms with van der Waals surface area (Å²) in [5, 5.41) is 2.48. The summed E-state index contributed by atoms with van der Waals surface area (Å²) in [6.07, 6.45) is 0. The molecule has 1 aliphatic heterocycles. The van der Waals surface area contributed by atoms with Crippen molar-refractivity contribution < 1.29 is 9.31 Å². The number of hydrogen-bond acceptors (Lipinski definition) is 2. The van der Waals surface area contributed by atoms with Crippen molar-refractivity contribution in [1.29, 1.82) is 0 Å². The fraction of sp³-hybridized carbons (Fsp3) is 0.273. The van der Waals surface area contributed by atoms with E-state index in [4.69, 9.17) is 9.31 Å². The van der Waals surface area contributed by atoms with E-state index >= 15 is 0 Å². The highest BCUT2D eigenvalue weighted by atomic mass is 16.7. The van der Waals surface area contributed by atoms with E-state index in [-0.39, 0.29) is 16.6 Å². The average molecular weight is 485 g/mol. The van der Waals surface area contributed by atoms with Crippen molar-refractivity contribution in [3.63, 3.8) is 0 Å². The Balaban J connectivity index is 1.45. The van der Waals surface area contributed by atoms with Crippen LogP contribution in [0.15, 0.2) is 84.9 Å². The van der Waals surface area contributed by atoms with E-state index in [0.717, 1.165) is 5.46 Å². The first-order valence-corrected chi connectivity index (χ1v) is 13.2. The van der Waals surface area contributed by atoms with Crippen LogP contribution in [0.2, 0.25) is 0 Å². The first-order chi connectivity index (χ1) is 17.6. The summed E-state index contributed by atoms with van der Waals surface area (Å²) in [6, 6.07) is 31.1. The highest BCUT2D eigenvalue weighted by molar-refractivity contribution is 6.62. The number of rotatable bonds is 2. The Kier molecular flexibility index (Phi) is 4.55. The van der Waals surface area contributed by atoms with E-state index in [0.29, 0.717) is 0 Å². The molecule has 0 spiro atoms. The second-order valence-corrected chi connectivity index (χ2v) is 12.1. The molecule has 7 rings (SSSR count). The third-order valence-corrected chi connectivity index (χ3v) is 9.05.